The molecule has 1 N–H and O–H groups in total. The lowest BCUT2D eigenvalue weighted by molar-refractivity contribution is -0.116. The number of halogens is 1. The fourth-order valence-electron chi connectivity index (χ4n) is 3.65. The molecule has 1 aliphatic rings. The average Bonchev–Trinajstić information content (AvgIpc) is 2.79. The number of hydrogen-bond acceptors (Lipinski definition) is 5. The van der Waals surface area contributed by atoms with Crippen LogP contribution >= 0.6 is 23.4 Å². The summed E-state index contributed by atoms with van der Waals surface area (Å²) in [6.07, 6.45) is 5.49. The number of carbonyl (C=O) groups excluding carboxylic acids is 1. The van der Waals surface area contributed by atoms with Crippen LogP contribution in [0.3, 0.4) is 0 Å². The summed E-state index contributed by atoms with van der Waals surface area (Å²) in [4.78, 5) is 29.5. The van der Waals surface area contributed by atoms with E-state index in [0.29, 0.717) is 39.7 Å². The molecule has 1 unspecified atom stereocenters. The SMILES string of the molecule is C#CCSc1nc(=O)c2c(n1C)NC(=O)CC2c1ccc(OCc2cccc(Cl)c2)cc1. The number of rotatable bonds is 6. The smallest absolute Gasteiger partial charge is 0.279 e. The van der Waals surface area contributed by atoms with Crippen LogP contribution in [0.25, 0.3) is 0 Å². The summed E-state index contributed by atoms with van der Waals surface area (Å²) in [7, 11) is 1.76. The van der Waals surface area contributed by atoms with Crippen LogP contribution < -0.4 is 15.6 Å². The van der Waals surface area contributed by atoms with Crippen LogP contribution in [0.15, 0.2) is 58.5 Å². The van der Waals surface area contributed by atoms with Gasteiger partial charge in [-0.25, -0.2) is 0 Å². The van der Waals surface area contributed by atoms with E-state index in [1.165, 1.54) is 11.8 Å². The van der Waals surface area contributed by atoms with E-state index in [-0.39, 0.29) is 17.9 Å². The van der Waals surface area contributed by atoms with Gasteiger partial charge in [0, 0.05) is 24.4 Å². The Labute approximate surface area is 195 Å². The van der Waals surface area contributed by atoms with E-state index < -0.39 is 5.92 Å². The lowest BCUT2D eigenvalue weighted by Gasteiger charge is -2.27. The molecule has 162 valence electrons. The summed E-state index contributed by atoms with van der Waals surface area (Å²) >= 11 is 7.29. The van der Waals surface area contributed by atoms with Gasteiger partial charge in [0.15, 0.2) is 5.16 Å². The van der Waals surface area contributed by atoms with E-state index in [1.807, 2.05) is 48.5 Å². The van der Waals surface area contributed by atoms with Gasteiger partial charge in [-0.1, -0.05) is 53.5 Å². The van der Waals surface area contributed by atoms with Gasteiger partial charge < -0.3 is 14.6 Å². The van der Waals surface area contributed by atoms with Gasteiger partial charge in [0.1, 0.15) is 18.2 Å². The van der Waals surface area contributed by atoms with Gasteiger partial charge in [-0.15, -0.1) is 6.42 Å². The molecule has 0 fully saturated rings. The minimum atomic E-state index is -0.390. The molecule has 0 saturated heterocycles. The van der Waals surface area contributed by atoms with Crippen molar-refractivity contribution in [2.24, 2.45) is 7.05 Å². The fourth-order valence-corrected chi connectivity index (χ4v) is 4.50. The van der Waals surface area contributed by atoms with Gasteiger partial charge in [0.05, 0.1) is 11.3 Å². The molecule has 4 rings (SSSR count). The number of thioether (sulfide) groups is 1. The maximum atomic E-state index is 12.9. The third-order valence-corrected chi connectivity index (χ3v) is 6.33. The topological polar surface area (TPSA) is 73.2 Å². The fraction of sp³-hybridized carbons (Fsp3) is 0.208. The summed E-state index contributed by atoms with van der Waals surface area (Å²) in [5.41, 5.74) is 1.93. The maximum absolute atomic E-state index is 12.9. The second kappa shape index (κ2) is 9.51. The number of nitrogens with zero attached hydrogens (tertiary/aromatic N) is 2. The van der Waals surface area contributed by atoms with Crippen LogP contribution in [-0.4, -0.2) is 21.2 Å². The second-order valence-corrected chi connectivity index (χ2v) is 8.69. The largest absolute Gasteiger partial charge is 0.489 e. The molecular formula is C24H20ClN3O3S. The highest BCUT2D eigenvalue weighted by Gasteiger charge is 2.32. The Hall–Kier alpha value is -3.21. The molecular weight excluding hydrogens is 446 g/mol. The van der Waals surface area contributed by atoms with Crippen molar-refractivity contribution < 1.29 is 9.53 Å². The molecule has 2 aromatic carbocycles. The molecule has 1 atom stereocenters. The van der Waals surface area contributed by atoms with Crippen molar-refractivity contribution in [3.63, 3.8) is 0 Å². The maximum Gasteiger partial charge on any atom is 0.279 e. The highest BCUT2D eigenvalue weighted by atomic mass is 35.5. The Morgan fingerprint density at radius 1 is 1.28 bits per heavy atom. The van der Waals surface area contributed by atoms with Crippen LogP contribution in [0.2, 0.25) is 5.02 Å². The minimum Gasteiger partial charge on any atom is -0.489 e. The van der Waals surface area contributed by atoms with E-state index in [4.69, 9.17) is 22.8 Å². The number of carbonyl (C=O) groups is 1. The van der Waals surface area contributed by atoms with Crippen LogP contribution in [-0.2, 0) is 18.4 Å². The zero-order valence-corrected chi connectivity index (χ0v) is 18.9. The summed E-state index contributed by atoms with van der Waals surface area (Å²) in [5.74, 6) is 3.50. The standard InChI is InChI=1S/C24H20ClN3O3S/c1-3-11-32-24-27-23(30)21-19(13-20(29)26-22(21)28(24)2)16-7-9-18(10-8-16)31-14-15-5-4-6-17(25)12-15/h1,4-10,12,19H,11,13-14H2,2H3,(H,26,29). The average molecular weight is 466 g/mol. The lowest BCUT2D eigenvalue weighted by atomic mass is 9.87. The Morgan fingerprint density at radius 3 is 2.78 bits per heavy atom. The molecule has 1 aliphatic heterocycles. The third kappa shape index (κ3) is 4.67. The van der Waals surface area contributed by atoms with Crippen molar-refractivity contribution in [2.75, 3.05) is 11.1 Å². The molecule has 0 bridgehead atoms. The molecule has 1 aromatic heterocycles. The van der Waals surface area contributed by atoms with E-state index in [2.05, 4.69) is 16.2 Å². The van der Waals surface area contributed by atoms with E-state index in [9.17, 15) is 9.59 Å². The summed E-state index contributed by atoms with van der Waals surface area (Å²) in [6.45, 7) is 0.386. The first-order chi connectivity index (χ1) is 15.5. The normalized spacial score (nSPS) is 14.9. The highest BCUT2D eigenvalue weighted by molar-refractivity contribution is 7.99. The molecule has 8 heteroatoms. The number of benzene rings is 2. The molecule has 2 heterocycles. The molecule has 3 aromatic rings. The van der Waals surface area contributed by atoms with Crippen LogP contribution in [0.5, 0.6) is 5.75 Å². The minimum absolute atomic E-state index is 0.155. The highest BCUT2D eigenvalue weighted by Crippen LogP contribution is 2.36. The zero-order valence-electron chi connectivity index (χ0n) is 17.3. The Bertz CT molecular complexity index is 1260. The van der Waals surface area contributed by atoms with Crippen molar-refractivity contribution in [1.82, 2.24) is 9.55 Å². The van der Waals surface area contributed by atoms with Crippen LogP contribution in [0, 0.1) is 12.3 Å². The summed E-state index contributed by atoms with van der Waals surface area (Å²) in [6, 6.07) is 14.9. The predicted octanol–water partition coefficient (Wildman–Crippen LogP) is 4.21. The monoisotopic (exact) mass is 465 g/mol. The van der Waals surface area contributed by atoms with Crippen molar-refractivity contribution in [3.8, 4) is 18.1 Å². The van der Waals surface area contributed by atoms with Crippen molar-refractivity contribution >= 4 is 35.1 Å². The number of amides is 1. The Balaban J connectivity index is 1.59. The summed E-state index contributed by atoms with van der Waals surface area (Å²) < 4.78 is 7.55. The Kier molecular flexibility index (Phi) is 6.54. The van der Waals surface area contributed by atoms with Crippen LogP contribution in [0.4, 0.5) is 5.82 Å². The second-order valence-electron chi connectivity index (χ2n) is 7.31. The van der Waals surface area contributed by atoms with Gasteiger partial charge in [-0.05, 0) is 35.4 Å². The van der Waals surface area contributed by atoms with Gasteiger partial charge in [0.25, 0.3) is 5.56 Å². The molecule has 0 saturated carbocycles. The first-order valence-electron chi connectivity index (χ1n) is 9.90. The van der Waals surface area contributed by atoms with E-state index >= 15 is 0 Å². The van der Waals surface area contributed by atoms with Crippen molar-refractivity contribution in [2.45, 2.75) is 24.1 Å². The quantitative estimate of drug-likeness (QED) is 0.335. The van der Waals surface area contributed by atoms with Gasteiger partial charge >= 0.3 is 0 Å². The molecule has 0 aliphatic carbocycles. The molecule has 1 amide bonds. The van der Waals surface area contributed by atoms with Gasteiger partial charge in [-0.3, -0.25) is 9.59 Å². The first-order valence-corrected chi connectivity index (χ1v) is 11.3. The third-order valence-electron chi connectivity index (χ3n) is 5.16. The lowest BCUT2D eigenvalue weighted by Crippen LogP contribution is -2.33. The van der Waals surface area contributed by atoms with Crippen LogP contribution in [0.1, 0.15) is 29.0 Å². The number of anilines is 1. The van der Waals surface area contributed by atoms with E-state index in [0.717, 1.165) is 11.1 Å². The molecule has 0 spiro atoms. The van der Waals surface area contributed by atoms with Gasteiger partial charge in [0.2, 0.25) is 5.91 Å². The number of nitrogens with one attached hydrogen (secondary N) is 1. The molecule has 6 nitrogen and oxygen atoms in total. The number of hydrogen-bond donors (Lipinski definition) is 1. The van der Waals surface area contributed by atoms with Crippen molar-refractivity contribution in [3.05, 3.63) is 80.6 Å². The first kappa shape index (κ1) is 22.0. The predicted molar refractivity (Wildman–Crippen MR) is 126 cm³/mol. The number of ether oxygens (including phenoxy) is 1. The Morgan fingerprint density at radius 2 is 2.06 bits per heavy atom. The number of aromatic nitrogens is 2. The van der Waals surface area contributed by atoms with Gasteiger partial charge in [-0.2, -0.15) is 4.98 Å². The number of fused-ring (bicyclic) bond motifs is 1. The van der Waals surface area contributed by atoms with E-state index in [1.54, 1.807) is 11.6 Å². The number of terminal acetylenes is 1. The molecule has 0 radical (unpaired) electrons. The zero-order chi connectivity index (χ0) is 22.7. The summed E-state index contributed by atoms with van der Waals surface area (Å²) in [5, 5.41) is 3.95. The molecule has 32 heavy (non-hydrogen) atoms. The van der Waals surface area contributed by atoms with Crippen molar-refractivity contribution in [1.29, 1.82) is 0 Å².